The fourth-order valence-corrected chi connectivity index (χ4v) is 2.44. The van der Waals surface area contributed by atoms with Gasteiger partial charge in [-0.2, -0.15) is 0 Å². The molecule has 0 unspecified atom stereocenters. The largest absolute Gasteiger partial charge is 0.490 e. The average molecular weight is 287 g/mol. The van der Waals surface area contributed by atoms with E-state index in [1.54, 1.807) is 11.3 Å². The highest BCUT2D eigenvalue weighted by atomic mass is 32.1. The Balaban J connectivity index is 2.07. The van der Waals surface area contributed by atoms with Crippen molar-refractivity contribution in [3.05, 3.63) is 46.2 Å². The summed E-state index contributed by atoms with van der Waals surface area (Å²) in [7, 11) is 0. The van der Waals surface area contributed by atoms with Crippen LogP contribution >= 0.6 is 11.3 Å². The summed E-state index contributed by atoms with van der Waals surface area (Å²) in [5.74, 6) is 7.43. The highest BCUT2D eigenvalue weighted by Crippen LogP contribution is 2.28. The molecule has 0 aliphatic heterocycles. The Hall–Kier alpha value is -1.96. The summed E-state index contributed by atoms with van der Waals surface area (Å²) in [5.41, 5.74) is 6.38. The minimum absolute atomic E-state index is 0.364. The SMILES string of the molecule is CCOc1ccccc1OCc1sccc1C#CCN. The van der Waals surface area contributed by atoms with Crippen LogP contribution in [0.4, 0.5) is 0 Å². The zero-order chi connectivity index (χ0) is 14.2. The van der Waals surface area contributed by atoms with Crippen LogP contribution in [0.2, 0.25) is 0 Å². The molecular formula is C16H17NO2S. The minimum atomic E-state index is 0.364. The maximum atomic E-state index is 5.84. The number of para-hydroxylation sites is 2. The number of hydrogen-bond acceptors (Lipinski definition) is 4. The molecule has 4 heteroatoms. The smallest absolute Gasteiger partial charge is 0.161 e. The molecule has 0 aliphatic carbocycles. The van der Waals surface area contributed by atoms with Crippen molar-refractivity contribution in [3.8, 4) is 23.3 Å². The maximum Gasteiger partial charge on any atom is 0.161 e. The van der Waals surface area contributed by atoms with E-state index >= 15 is 0 Å². The lowest BCUT2D eigenvalue weighted by Crippen LogP contribution is -1.99. The summed E-state index contributed by atoms with van der Waals surface area (Å²) in [6.07, 6.45) is 0. The van der Waals surface area contributed by atoms with Crippen LogP contribution in [0.25, 0.3) is 0 Å². The maximum absolute atomic E-state index is 5.84. The highest BCUT2D eigenvalue weighted by Gasteiger charge is 2.06. The number of benzene rings is 1. The standard InChI is InChI=1S/C16H17NO2S/c1-2-18-14-7-3-4-8-15(14)19-12-16-13(6-5-10-17)9-11-20-16/h3-4,7-9,11H,2,10,12,17H2,1H3. The summed E-state index contributed by atoms with van der Waals surface area (Å²) >= 11 is 1.63. The van der Waals surface area contributed by atoms with Gasteiger partial charge >= 0.3 is 0 Å². The van der Waals surface area contributed by atoms with Gasteiger partial charge in [0.25, 0.3) is 0 Å². The second-order valence-corrected chi connectivity index (χ2v) is 4.93. The second kappa shape index (κ2) is 7.59. The van der Waals surface area contributed by atoms with Gasteiger partial charge < -0.3 is 15.2 Å². The first-order valence-electron chi connectivity index (χ1n) is 6.45. The van der Waals surface area contributed by atoms with E-state index in [0.29, 0.717) is 19.8 Å². The van der Waals surface area contributed by atoms with Crippen LogP contribution in [0.5, 0.6) is 11.5 Å². The van der Waals surface area contributed by atoms with Crippen LogP contribution in [0.1, 0.15) is 17.4 Å². The molecular weight excluding hydrogens is 270 g/mol. The van der Waals surface area contributed by atoms with Gasteiger partial charge in [0.05, 0.1) is 18.0 Å². The van der Waals surface area contributed by atoms with E-state index in [-0.39, 0.29) is 0 Å². The Labute approximate surface area is 123 Å². The fraction of sp³-hybridized carbons (Fsp3) is 0.250. The number of ether oxygens (including phenoxy) is 2. The molecule has 1 aromatic heterocycles. The van der Waals surface area contributed by atoms with Crippen molar-refractivity contribution in [3.63, 3.8) is 0 Å². The third-order valence-corrected chi connectivity index (χ3v) is 3.47. The zero-order valence-electron chi connectivity index (χ0n) is 11.4. The molecule has 0 saturated carbocycles. The number of hydrogen-bond donors (Lipinski definition) is 1. The summed E-state index contributed by atoms with van der Waals surface area (Å²) in [6, 6.07) is 9.66. The molecule has 1 heterocycles. The Morgan fingerprint density at radius 2 is 1.90 bits per heavy atom. The first-order chi connectivity index (χ1) is 9.85. The molecule has 2 rings (SSSR count). The van der Waals surface area contributed by atoms with E-state index in [1.165, 1.54) is 0 Å². The molecule has 0 radical (unpaired) electrons. The Bertz CT molecular complexity index is 610. The van der Waals surface area contributed by atoms with Crippen molar-refractivity contribution >= 4 is 11.3 Å². The van der Waals surface area contributed by atoms with Crippen LogP contribution in [-0.4, -0.2) is 13.2 Å². The highest BCUT2D eigenvalue weighted by molar-refractivity contribution is 7.10. The molecule has 1 aromatic carbocycles. The van der Waals surface area contributed by atoms with E-state index in [4.69, 9.17) is 15.2 Å². The number of nitrogens with two attached hydrogens (primary N) is 1. The Morgan fingerprint density at radius 1 is 1.15 bits per heavy atom. The van der Waals surface area contributed by atoms with Gasteiger partial charge in [0, 0.05) is 5.56 Å². The minimum Gasteiger partial charge on any atom is -0.490 e. The summed E-state index contributed by atoms with van der Waals surface area (Å²) in [4.78, 5) is 1.09. The zero-order valence-corrected chi connectivity index (χ0v) is 12.2. The van der Waals surface area contributed by atoms with Crippen molar-refractivity contribution in [2.45, 2.75) is 13.5 Å². The predicted molar refractivity (Wildman–Crippen MR) is 82.2 cm³/mol. The van der Waals surface area contributed by atoms with Gasteiger partial charge in [0.2, 0.25) is 0 Å². The van der Waals surface area contributed by atoms with Gasteiger partial charge in [0.1, 0.15) is 6.61 Å². The van der Waals surface area contributed by atoms with Crippen LogP contribution in [0, 0.1) is 11.8 Å². The van der Waals surface area contributed by atoms with Crippen molar-refractivity contribution < 1.29 is 9.47 Å². The van der Waals surface area contributed by atoms with E-state index < -0.39 is 0 Å². The topological polar surface area (TPSA) is 44.5 Å². The van der Waals surface area contributed by atoms with Crippen molar-refractivity contribution in [2.24, 2.45) is 5.73 Å². The lowest BCUT2D eigenvalue weighted by Gasteiger charge is -2.11. The molecule has 2 N–H and O–H groups in total. The van der Waals surface area contributed by atoms with E-state index in [2.05, 4.69) is 11.8 Å². The molecule has 0 aliphatic rings. The third kappa shape index (κ3) is 3.77. The molecule has 2 aromatic rings. The molecule has 0 spiro atoms. The fourth-order valence-electron chi connectivity index (χ4n) is 1.70. The van der Waals surface area contributed by atoms with E-state index in [9.17, 15) is 0 Å². The summed E-state index contributed by atoms with van der Waals surface area (Å²) in [5, 5.41) is 2.01. The lowest BCUT2D eigenvalue weighted by molar-refractivity contribution is 0.271. The molecule has 0 amide bonds. The van der Waals surface area contributed by atoms with Crippen molar-refractivity contribution in [1.29, 1.82) is 0 Å². The Morgan fingerprint density at radius 3 is 2.60 bits per heavy atom. The molecule has 20 heavy (non-hydrogen) atoms. The second-order valence-electron chi connectivity index (χ2n) is 3.93. The quantitative estimate of drug-likeness (QED) is 0.860. The Kier molecular flexibility index (Phi) is 5.48. The number of rotatable bonds is 5. The first kappa shape index (κ1) is 14.4. The van der Waals surface area contributed by atoms with Crippen molar-refractivity contribution in [1.82, 2.24) is 0 Å². The van der Waals surface area contributed by atoms with Gasteiger partial charge in [-0.1, -0.05) is 24.0 Å². The molecule has 104 valence electrons. The first-order valence-corrected chi connectivity index (χ1v) is 7.33. The van der Waals surface area contributed by atoms with Gasteiger partial charge in [0.15, 0.2) is 11.5 Å². The normalized spacial score (nSPS) is 9.70. The van der Waals surface area contributed by atoms with Crippen LogP contribution in [0.15, 0.2) is 35.7 Å². The van der Waals surface area contributed by atoms with Crippen LogP contribution < -0.4 is 15.2 Å². The monoisotopic (exact) mass is 287 g/mol. The molecule has 0 bridgehead atoms. The molecule has 3 nitrogen and oxygen atoms in total. The van der Waals surface area contributed by atoms with Crippen LogP contribution in [0.3, 0.4) is 0 Å². The summed E-state index contributed by atoms with van der Waals surface area (Å²) in [6.45, 7) is 3.42. The van der Waals surface area contributed by atoms with Gasteiger partial charge in [-0.3, -0.25) is 0 Å². The van der Waals surface area contributed by atoms with Gasteiger partial charge in [-0.25, -0.2) is 0 Å². The third-order valence-electron chi connectivity index (χ3n) is 2.58. The van der Waals surface area contributed by atoms with E-state index in [1.807, 2.05) is 42.6 Å². The van der Waals surface area contributed by atoms with Crippen LogP contribution in [-0.2, 0) is 6.61 Å². The number of thiophene rings is 1. The summed E-state index contributed by atoms with van der Waals surface area (Å²) < 4.78 is 11.4. The van der Waals surface area contributed by atoms with Crippen molar-refractivity contribution in [2.75, 3.05) is 13.2 Å². The molecule has 0 atom stereocenters. The van der Waals surface area contributed by atoms with Gasteiger partial charge in [-0.15, -0.1) is 11.3 Å². The predicted octanol–water partition coefficient (Wildman–Crippen LogP) is 3.04. The molecule has 0 fully saturated rings. The van der Waals surface area contributed by atoms with E-state index in [0.717, 1.165) is 21.9 Å². The van der Waals surface area contributed by atoms with Gasteiger partial charge in [-0.05, 0) is 30.5 Å². The molecule has 0 saturated heterocycles. The lowest BCUT2D eigenvalue weighted by atomic mass is 10.2. The average Bonchev–Trinajstić information content (AvgIpc) is 2.92.